The first-order chi connectivity index (χ1) is 15.6. The number of aliphatic hydroxyl groups excluding tert-OH is 1. The number of likely N-dealkylation sites (tertiary alicyclic amines) is 1. The number of allylic oxidation sites excluding steroid dienone is 1. The predicted octanol–water partition coefficient (Wildman–Crippen LogP) is 2.43. The minimum absolute atomic E-state index is 0.0734. The molecule has 0 aromatic heterocycles. The Labute approximate surface area is 196 Å². The quantitative estimate of drug-likeness (QED) is 0.550. The van der Waals surface area contributed by atoms with Crippen molar-refractivity contribution in [1.82, 2.24) is 15.5 Å². The Kier molecular flexibility index (Phi) is 7.62. The maximum Gasteiger partial charge on any atom is 0.243 e. The van der Waals surface area contributed by atoms with Gasteiger partial charge in [-0.2, -0.15) is 0 Å². The van der Waals surface area contributed by atoms with Gasteiger partial charge in [-0.15, -0.1) is 0 Å². The molecule has 7 nitrogen and oxygen atoms in total. The molecular weight excluding hydrogens is 418 g/mol. The van der Waals surface area contributed by atoms with Crippen LogP contribution in [0.25, 0.3) is 0 Å². The van der Waals surface area contributed by atoms with Gasteiger partial charge in [-0.05, 0) is 38.7 Å². The second kappa shape index (κ2) is 10.1. The second-order valence-corrected chi connectivity index (χ2v) is 10.1. The number of amides is 3. The molecule has 0 bridgehead atoms. The van der Waals surface area contributed by atoms with Crippen molar-refractivity contribution in [3.05, 3.63) is 48.0 Å². The van der Waals surface area contributed by atoms with Crippen molar-refractivity contribution in [3.63, 3.8) is 0 Å². The number of carbonyl (C=O) groups is 3. The molecular formula is C26H37N3O4. The average molecular weight is 456 g/mol. The molecule has 1 aliphatic heterocycles. The van der Waals surface area contributed by atoms with Crippen molar-refractivity contribution in [2.75, 3.05) is 13.7 Å². The van der Waals surface area contributed by atoms with Crippen LogP contribution in [0.3, 0.4) is 0 Å². The topological polar surface area (TPSA) is 98.7 Å². The molecule has 3 amide bonds. The van der Waals surface area contributed by atoms with Crippen LogP contribution in [-0.2, 0) is 14.4 Å². The van der Waals surface area contributed by atoms with Crippen molar-refractivity contribution >= 4 is 17.7 Å². The van der Waals surface area contributed by atoms with Crippen LogP contribution in [-0.4, -0.2) is 53.0 Å². The summed E-state index contributed by atoms with van der Waals surface area (Å²) < 4.78 is 0. The van der Waals surface area contributed by atoms with Gasteiger partial charge in [0.25, 0.3) is 0 Å². The molecule has 180 valence electrons. The number of fused-ring (bicyclic) bond motifs is 1. The van der Waals surface area contributed by atoms with Crippen LogP contribution >= 0.6 is 0 Å². The smallest absolute Gasteiger partial charge is 0.243 e. The molecule has 33 heavy (non-hydrogen) atoms. The van der Waals surface area contributed by atoms with Crippen LogP contribution in [0.2, 0.25) is 0 Å². The molecule has 1 aromatic rings. The fourth-order valence-corrected chi connectivity index (χ4v) is 5.39. The third kappa shape index (κ3) is 4.98. The number of hydrogen-bond donors (Lipinski definition) is 3. The SMILES string of the molecule is CCC[C@@H]1C=C[C@H]2[C@H](C(=O)N([C@H](CO)c3ccccc3)[C@@H]2C(=O)NC(C)(C)C)[C@@H]1C(=O)NC. The Balaban J connectivity index is 2.12. The summed E-state index contributed by atoms with van der Waals surface area (Å²) in [5.41, 5.74) is 0.264. The van der Waals surface area contributed by atoms with E-state index in [0.717, 1.165) is 18.4 Å². The number of nitrogens with one attached hydrogen (secondary N) is 2. The van der Waals surface area contributed by atoms with E-state index in [4.69, 9.17) is 0 Å². The van der Waals surface area contributed by atoms with Crippen molar-refractivity contribution in [2.24, 2.45) is 23.7 Å². The molecule has 2 aliphatic rings. The monoisotopic (exact) mass is 455 g/mol. The molecule has 1 fully saturated rings. The van der Waals surface area contributed by atoms with Crippen molar-refractivity contribution < 1.29 is 19.5 Å². The van der Waals surface area contributed by atoms with Gasteiger partial charge in [0.15, 0.2) is 0 Å². The van der Waals surface area contributed by atoms with Gasteiger partial charge in [-0.25, -0.2) is 0 Å². The van der Waals surface area contributed by atoms with E-state index in [2.05, 4.69) is 17.6 Å². The zero-order valence-electron chi connectivity index (χ0n) is 20.2. The largest absolute Gasteiger partial charge is 0.394 e. The second-order valence-electron chi connectivity index (χ2n) is 10.1. The predicted molar refractivity (Wildman–Crippen MR) is 127 cm³/mol. The van der Waals surface area contributed by atoms with E-state index in [9.17, 15) is 19.5 Å². The highest BCUT2D eigenvalue weighted by Gasteiger charge is 2.58. The Bertz CT molecular complexity index is 893. The molecule has 1 aliphatic carbocycles. The summed E-state index contributed by atoms with van der Waals surface area (Å²) in [6.45, 7) is 7.42. The highest BCUT2D eigenvalue weighted by molar-refractivity contribution is 5.97. The third-order valence-electron chi connectivity index (χ3n) is 6.68. The lowest BCUT2D eigenvalue weighted by molar-refractivity contribution is -0.143. The molecule has 0 unspecified atom stereocenters. The highest BCUT2D eigenvalue weighted by atomic mass is 16.3. The number of nitrogens with zero attached hydrogens (tertiary/aromatic N) is 1. The van der Waals surface area contributed by atoms with Crippen LogP contribution in [0.15, 0.2) is 42.5 Å². The summed E-state index contributed by atoms with van der Waals surface area (Å²) in [7, 11) is 1.58. The van der Waals surface area contributed by atoms with E-state index < -0.39 is 35.4 Å². The van der Waals surface area contributed by atoms with Gasteiger partial charge in [0.2, 0.25) is 17.7 Å². The van der Waals surface area contributed by atoms with Crippen LogP contribution < -0.4 is 10.6 Å². The van der Waals surface area contributed by atoms with Crippen LogP contribution in [0, 0.1) is 23.7 Å². The summed E-state index contributed by atoms with van der Waals surface area (Å²) >= 11 is 0. The van der Waals surface area contributed by atoms with Crippen molar-refractivity contribution in [3.8, 4) is 0 Å². The van der Waals surface area contributed by atoms with E-state index in [1.165, 1.54) is 4.90 Å². The normalized spacial score (nSPS) is 27.8. The first kappa shape index (κ1) is 25.0. The zero-order valence-corrected chi connectivity index (χ0v) is 20.2. The molecule has 1 aromatic carbocycles. The first-order valence-corrected chi connectivity index (χ1v) is 11.8. The molecule has 1 saturated heterocycles. The molecule has 7 heteroatoms. The van der Waals surface area contributed by atoms with Crippen LogP contribution in [0.4, 0.5) is 0 Å². The van der Waals surface area contributed by atoms with Crippen molar-refractivity contribution in [2.45, 2.75) is 58.2 Å². The number of carbonyl (C=O) groups excluding carboxylic acids is 3. The Hall–Kier alpha value is -2.67. The molecule has 1 heterocycles. The summed E-state index contributed by atoms with van der Waals surface area (Å²) in [5, 5.41) is 16.1. The summed E-state index contributed by atoms with van der Waals surface area (Å²) in [6, 6.07) is 7.77. The van der Waals surface area contributed by atoms with Crippen LogP contribution in [0.5, 0.6) is 0 Å². The summed E-state index contributed by atoms with van der Waals surface area (Å²) in [5.74, 6) is -2.44. The fourth-order valence-electron chi connectivity index (χ4n) is 5.39. The van der Waals surface area contributed by atoms with E-state index in [-0.39, 0.29) is 30.2 Å². The summed E-state index contributed by atoms with van der Waals surface area (Å²) in [4.78, 5) is 42.1. The molecule has 6 atom stereocenters. The van der Waals surface area contributed by atoms with Gasteiger partial charge in [0, 0.05) is 18.5 Å². The lowest BCUT2D eigenvalue weighted by atomic mass is 9.68. The van der Waals surface area contributed by atoms with Gasteiger partial charge >= 0.3 is 0 Å². The highest BCUT2D eigenvalue weighted by Crippen LogP contribution is 2.47. The average Bonchev–Trinajstić information content (AvgIpc) is 3.06. The number of hydrogen-bond acceptors (Lipinski definition) is 4. The zero-order chi connectivity index (χ0) is 24.3. The minimum Gasteiger partial charge on any atom is -0.394 e. The van der Waals surface area contributed by atoms with E-state index >= 15 is 0 Å². The molecule has 0 spiro atoms. The van der Waals surface area contributed by atoms with Gasteiger partial charge in [-0.1, -0.05) is 55.8 Å². The van der Waals surface area contributed by atoms with E-state index in [1.807, 2.05) is 63.3 Å². The maximum absolute atomic E-state index is 14.0. The van der Waals surface area contributed by atoms with Crippen LogP contribution in [0.1, 0.15) is 52.1 Å². The summed E-state index contributed by atoms with van der Waals surface area (Å²) in [6.07, 6.45) is 5.63. The molecule has 0 radical (unpaired) electrons. The Morgan fingerprint density at radius 1 is 1.12 bits per heavy atom. The van der Waals surface area contributed by atoms with Crippen molar-refractivity contribution in [1.29, 1.82) is 0 Å². The lowest BCUT2D eigenvalue weighted by Crippen LogP contribution is -2.53. The number of rotatable bonds is 7. The maximum atomic E-state index is 14.0. The fraction of sp³-hybridized carbons (Fsp3) is 0.577. The minimum atomic E-state index is -0.815. The van der Waals surface area contributed by atoms with Gasteiger partial charge in [0.05, 0.1) is 24.5 Å². The molecule has 3 N–H and O–H groups in total. The Morgan fingerprint density at radius 3 is 2.33 bits per heavy atom. The van der Waals surface area contributed by atoms with Gasteiger partial charge in [-0.3, -0.25) is 14.4 Å². The number of benzene rings is 1. The molecule has 3 rings (SSSR count). The molecule has 0 saturated carbocycles. The van der Waals surface area contributed by atoms with Gasteiger partial charge in [0.1, 0.15) is 6.04 Å². The number of aliphatic hydroxyl groups is 1. The van der Waals surface area contributed by atoms with E-state index in [0.29, 0.717) is 0 Å². The lowest BCUT2D eigenvalue weighted by Gasteiger charge is -2.35. The Morgan fingerprint density at radius 2 is 1.79 bits per heavy atom. The van der Waals surface area contributed by atoms with Gasteiger partial charge < -0.3 is 20.6 Å². The first-order valence-electron chi connectivity index (χ1n) is 11.8. The van der Waals surface area contributed by atoms with E-state index in [1.54, 1.807) is 7.05 Å². The third-order valence-corrected chi connectivity index (χ3v) is 6.68. The standard InChI is InChI=1S/C26H37N3O4/c1-6-10-17-13-14-18-21(20(17)23(31)27-5)25(33)29(22(18)24(32)28-26(2,3)4)19(15-30)16-11-8-7-9-12-16/h7-9,11-14,17-22,30H,6,10,15H2,1-5H3,(H,27,31)(H,28,32)/t17-,18+,19-,20-,21+,22+/m1/s1.